The number of carbonyl (C=O) groups is 4. The van der Waals surface area contributed by atoms with Crippen LogP contribution in [0.3, 0.4) is 0 Å². The lowest BCUT2D eigenvalue weighted by atomic mass is 10.0. The summed E-state index contributed by atoms with van der Waals surface area (Å²) in [5.74, 6) is -3.02. The van der Waals surface area contributed by atoms with E-state index in [0.29, 0.717) is 5.56 Å². The van der Waals surface area contributed by atoms with E-state index in [1.54, 1.807) is 0 Å². The van der Waals surface area contributed by atoms with Gasteiger partial charge in [-0.3, -0.25) is 9.59 Å². The third kappa shape index (κ3) is 4.46. The van der Waals surface area contributed by atoms with E-state index in [2.05, 4.69) is 15.6 Å². The van der Waals surface area contributed by atoms with Gasteiger partial charge < -0.3 is 15.7 Å². The Morgan fingerprint density at radius 3 is 2.53 bits per heavy atom. The lowest BCUT2D eigenvalue weighted by Crippen LogP contribution is -2.48. The number of aromatic carboxylic acids is 1. The topological polar surface area (TPSA) is 129 Å². The fraction of sp³-hybridized carbons (Fsp3) is 0.316. The molecule has 9 nitrogen and oxygen atoms in total. The highest BCUT2D eigenvalue weighted by atomic mass is 32.1. The van der Waals surface area contributed by atoms with Crippen LogP contribution in [0.25, 0.3) is 0 Å². The molecule has 1 aliphatic rings. The second-order valence-electron chi connectivity index (χ2n) is 7.12. The Bertz CT molecular complexity index is 991. The summed E-state index contributed by atoms with van der Waals surface area (Å²) >= 11 is 0.922. The Morgan fingerprint density at radius 2 is 1.97 bits per heavy atom. The number of anilines is 1. The maximum Gasteiger partial charge on any atom is 0.355 e. The van der Waals surface area contributed by atoms with Crippen LogP contribution in [-0.2, 0) is 9.59 Å². The molecule has 1 saturated heterocycles. The summed E-state index contributed by atoms with van der Waals surface area (Å²) in [5.41, 5.74) is 0.175. The molecule has 2 heterocycles. The molecule has 0 spiro atoms. The molecule has 1 fully saturated rings. The summed E-state index contributed by atoms with van der Waals surface area (Å²) < 4.78 is 13.2. The maximum absolute atomic E-state index is 13.2. The van der Waals surface area contributed by atoms with Gasteiger partial charge in [-0.2, -0.15) is 0 Å². The number of carbonyl (C=O) groups excluding carboxylic acids is 3. The molecule has 11 heteroatoms. The Labute approximate surface area is 174 Å². The molecule has 1 aliphatic heterocycles. The number of carboxylic acids is 1. The molecule has 2 atom stereocenters. The van der Waals surface area contributed by atoms with Crippen molar-refractivity contribution in [2.24, 2.45) is 5.92 Å². The Kier molecular flexibility index (Phi) is 6.11. The molecule has 3 rings (SSSR count). The van der Waals surface area contributed by atoms with Crippen LogP contribution < -0.4 is 10.6 Å². The number of nitrogens with one attached hydrogen (secondary N) is 2. The second-order valence-corrected chi connectivity index (χ2v) is 7.98. The molecule has 0 saturated carbocycles. The fourth-order valence-electron chi connectivity index (χ4n) is 3.06. The summed E-state index contributed by atoms with van der Waals surface area (Å²) in [7, 11) is 0. The number of aromatic nitrogens is 1. The molecule has 30 heavy (non-hydrogen) atoms. The van der Waals surface area contributed by atoms with Crippen molar-refractivity contribution in [3.63, 3.8) is 0 Å². The molecule has 0 bridgehead atoms. The van der Waals surface area contributed by atoms with Gasteiger partial charge in [0.05, 0.1) is 0 Å². The number of halogens is 1. The fourth-order valence-corrected chi connectivity index (χ4v) is 3.75. The molecule has 0 radical (unpaired) electrons. The highest BCUT2D eigenvalue weighted by Crippen LogP contribution is 2.27. The molecule has 3 N–H and O–H groups in total. The SMILES string of the molecule is CC(C)C[C@@H](C(=O)Nc1nc(C(=O)O)cs1)N1C(=O)NC(c2ccc(F)cc2)C1=O. The highest BCUT2D eigenvalue weighted by molar-refractivity contribution is 7.14. The van der Waals surface area contributed by atoms with Gasteiger partial charge >= 0.3 is 12.0 Å². The van der Waals surface area contributed by atoms with E-state index in [-0.39, 0.29) is 23.2 Å². The van der Waals surface area contributed by atoms with Gasteiger partial charge in [-0.25, -0.2) is 23.9 Å². The van der Waals surface area contributed by atoms with Crippen molar-refractivity contribution < 1.29 is 28.7 Å². The van der Waals surface area contributed by atoms with E-state index in [9.17, 15) is 23.6 Å². The van der Waals surface area contributed by atoms with Crippen LogP contribution >= 0.6 is 11.3 Å². The first-order valence-electron chi connectivity index (χ1n) is 9.06. The van der Waals surface area contributed by atoms with E-state index >= 15 is 0 Å². The summed E-state index contributed by atoms with van der Waals surface area (Å²) in [4.78, 5) is 54.0. The summed E-state index contributed by atoms with van der Waals surface area (Å²) in [6.07, 6.45) is 0.193. The Morgan fingerprint density at radius 1 is 1.30 bits per heavy atom. The average molecular weight is 434 g/mol. The first kappa shape index (κ1) is 21.4. The number of imide groups is 1. The van der Waals surface area contributed by atoms with E-state index < -0.39 is 41.7 Å². The third-order valence-corrected chi connectivity index (χ3v) is 5.19. The monoisotopic (exact) mass is 434 g/mol. The van der Waals surface area contributed by atoms with Crippen molar-refractivity contribution in [2.75, 3.05) is 5.32 Å². The number of carboxylic acid groups (broad SMARTS) is 1. The van der Waals surface area contributed by atoms with Crippen molar-refractivity contribution in [3.05, 3.63) is 46.7 Å². The predicted molar refractivity (Wildman–Crippen MR) is 105 cm³/mol. The third-order valence-electron chi connectivity index (χ3n) is 4.44. The molecule has 2 aromatic rings. The standard InChI is InChI=1S/C19H19FN4O5S/c1-9(2)7-13(15(25)23-18-21-12(8-30-18)17(27)28)24-16(26)14(22-19(24)29)10-3-5-11(20)6-4-10/h3-6,8-9,13-14H,7H2,1-2H3,(H,22,29)(H,27,28)(H,21,23,25)/t13-,14?/m0/s1. The summed E-state index contributed by atoms with van der Waals surface area (Å²) in [6.45, 7) is 3.67. The van der Waals surface area contributed by atoms with Crippen LogP contribution in [-0.4, -0.2) is 44.8 Å². The molecule has 1 unspecified atom stereocenters. The first-order valence-corrected chi connectivity index (χ1v) is 9.94. The van der Waals surface area contributed by atoms with E-state index in [0.717, 1.165) is 16.2 Å². The first-order chi connectivity index (χ1) is 14.2. The van der Waals surface area contributed by atoms with Crippen molar-refractivity contribution in [3.8, 4) is 0 Å². The number of nitrogens with zero attached hydrogens (tertiary/aromatic N) is 2. The number of hydrogen-bond donors (Lipinski definition) is 3. The second kappa shape index (κ2) is 8.57. The van der Waals surface area contributed by atoms with Gasteiger partial charge in [-0.1, -0.05) is 26.0 Å². The minimum absolute atomic E-state index is 0.0305. The molecular formula is C19H19FN4O5S. The summed E-state index contributed by atoms with van der Waals surface area (Å²) in [5, 5.41) is 15.3. The zero-order valence-electron chi connectivity index (χ0n) is 16.1. The van der Waals surface area contributed by atoms with Crippen molar-refractivity contribution in [2.45, 2.75) is 32.4 Å². The molecule has 1 aromatic heterocycles. The quantitative estimate of drug-likeness (QED) is 0.575. The molecular weight excluding hydrogens is 415 g/mol. The number of urea groups is 1. The Hall–Kier alpha value is -3.34. The van der Waals surface area contributed by atoms with E-state index in [4.69, 9.17) is 5.11 Å². The van der Waals surface area contributed by atoms with Crippen LogP contribution in [0.4, 0.5) is 14.3 Å². The van der Waals surface area contributed by atoms with Gasteiger partial charge in [0.1, 0.15) is 17.9 Å². The number of hydrogen-bond acceptors (Lipinski definition) is 6. The minimum atomic E-state index is -1.23. The molecule has 0 aliphatic carbocycles. The van der Waals surface area contributed by atoms with Gasteiger partial charge in [0.15, 0.2) is 10.8 Å². The van der Waals surface area contributed by atoms with Gasteiger partial charge in [0.2, 0.25) is 5.91 Å². The van der Waals surface area contributed by atoms with Crippen LogP contribution in [0.1, 0.15) is 42.4 Å². The normalized spacial score (nSPS) is 17.2. The average Bonchev–Trinajstić information content (AvgIpc) is 3.25. The highest BCUT2D eigenvalue weighted by Gasteiger charge is 2.45. The lowest BCUT2D eigenvalue weighted by Gasteiger charge is -2.25. The smallest absolute Gasteiger partial charge is 0.355 e. The van der Waals surface area contributed by atoms with Crippen molar-refractivity contribution in [1.82, 2.24) is 15.2 Å². The predicted octanol–water partition coefficient (Wildman–Crippen LogP) is 2.63. The van der Waals surface area contributed by atoms with Crippen LogP contribution in [0.5, 0.6) is 0 Å². The van der Waals surface area contributed by atoms with Crippen molar-refractivity contribution >= 4 is 40.3 Å². The number of rotatable bonds is 7. The molecule has 4 amide bonds. The van der Waals surface area contributed by atoms with Crippen LogP contribution in [0.2, 0.25) is 0 Å². The number of thiazole rings is 1. The zero-order valence-corrected chi connectivity index (χ0v) is 16.9. The number of amides is 4. The molecule has 1 aromatic carbocycles. The van der Waals surface area contributed by atoms with Gasteiger partial charge in [0.25, 0.3) is 5.91 Å². The van der Waals surface area contributed by atoms with Crippen LogP contribution in [0, 0.1) is 11.7 Å². The zero-order chi connectivity index (χ0) is 22.0. The van der Waals surface area contributed by atoms with E-state index in [1.165, 1.54) is 29.6 Å². The molecule has 158 valence electrons. The van der Waals surface area contributed by atoms with Gasteiger partial charge in [-0.15, -0.1) is 11.3 Å². The van der Waals surface area contributed by atoms with Gasteiger partial charge in [0, 0.05) is 5.38 Å². The van der Waals surface area contributed by atoms with Gasteiger partial charge in [-0.05, 0) is 30.0 Å². The summed E-state index contributed by atoms with van der Waals surface area (Å²) in [6, 6.07) is 2.25. The van der Waals surface area contributed by atoms with Crippen LogP contribution in [0.15, 0.2) is 29.6 Å². The Balaban J connectivity index is 1.83. The largest absolute Gasteiger partial charge is 0.476 e. The lowest BCUT2D eigenvalue weighted by molar-refractivity contribution is -0.134. The van der Waals surface area contributed by atoms with Crippen molar-refractivity contribution in [1.29, 1.82) is 0 Å². The number of benzene rings is 1. The minimum Gasteiger partial charge on any atom is -0.476 e. The van der Waals surface area contributed by atoms with E-state index in [1.807, 2.05) is 13.8 Å². The maximum atomic E-state index is 13.2.